The molecular weight excluding hydrogens is 539 g/mol. The number of H-pyrrole nitrogens is 1. The number of carbonyl (C=O) groups excluding carboxylic acids is 1. The van der Waals surface area contributed by atoms with Crippen molar-refractivity contribution in [2.24, 2.45) is 0 Å². The zero-order chi connectivity index (χ0) is 27.5. The first-order chi connectivity index (χ1) is 19.6. The van der Waals surface area contributed by atoms with Crippen molar-refractivity contribution in [3.05, 3.63) is 105 Å². The highest BCUT2D eigenvalue weighted by Crippen LogP contribution is 2.38. The summed E-state index contributed by atoms with van der Waals surface area (Å²) in [6, 6.07) is 24.7. The van der Waals surface area contributed by atoms with Gasteiger partial charge in [-0.25, -0.2) is 0 Å². The van der Waals surface area contributed by atoms with Crippen LogP contribution in [0.3, 0.4) is 0 Å². The molecular formula is C33H36Cl2N4O. The van der Waals surface area contributed by atoms with Crippen LogP contribution in [0.2, 0.25) is 10.0 Å². The zero-order valence-electron chi connectivity index (χ0n) is 22.8. The van der Waals surface area contributed by atoms with Crippen LogP contribution in [0, 0.1) is 0 Å². The van der Waals surface area contributed by atoms with Crippen molar-refractivity contribution in [3.8, 4) is 0 Å². The number of carbonyl (C=O) groups is 1. The third kappa shape index (κ3) is 5.94. The fourth-order valence-electron chi connectivity index (χ4n) is 6.38. The Morgan fingerprint density at radius 1 is 0.750 bits per heavy atom. The predicted octanol–water partition coefficient (Wildman–Crippen LogP) is 7.20. The summed E-state index contributed by atoms with van der Waals surface area (Å²) in [5.74, 6) is 0.475. The van der Waals surface area contributed by atoms with E-state index in [1.165, 1.54) is 5.56 Å². The summed E-state index contributed by atoms with van der Waals surface area (Å²) in [4.78, 5) is 24.5. The largest absolute Gasteiger partial charge is 0.350 e. The van der Waals surface area contributed by atoms with Crippen LogP contribution in [0.25, 0.3) is 10.9 Å². The Morgan fingerprint density at radius 3 is 2.23 bits per heavy atom. The van der Waals surface area contributed by atoms with E-state index in [0.29, 0.717) is 5.92 Å². The van der Waals surface area contributed by atoms with Crippen LogP contribution in [0.15, 0.2) is 72.8 Å². The Labute approximate surface area is 246 Å². The molecule has 2 fully saturated rings. The molecule has 5 nitrogen and oxygen atoms in total. The summed E-state index contributed by atoms with van der Waals surface area (Å²) in [5.41, 5.74) is 5.28. The fourth-order valence-corrected chi connectivity index (χ4v) is 7.09. The number of hydrogen-bond acceptors (Lipinski definition) is 3. The second-order valence-corrected chi connectivity index (χ2v) is 11.9. The molecule has 7 heteroatoms. The van der Waals surface area contributed by atoms with Crippen LogP contribution in [0.4, 0.5) is 0 Å². The number of piperidine rings is 1. The smallest absolute Gasteiger partial charge is 0.270 e. The summed E-state index contributed by atoms with van der Waals surface area (Å²) in [6.45, 7) is 6.97. The number of hydrogen-bond donors (Lipinski definition) is 1. The molecule has 0 aliphatic carbocycles. The number of benzene rings is 3. The predicted molar refractivity (Wildman–Crippen MR) is 164 cm³/mol. The van der Waals surface area contributed by atoms with Gasteiger partial charge in [0.2, 0.25) is 0 Å². The molecule has 3 heterocycles. The van der Waals surface area contributed by atoms with E-state index >= 15 is 0 Å². The van der Waals surface area contributed by atoms with Gasteiger partial charge in [0.1, 0.15) is 5.69 Å². The van der Waals surface area contributed by atoms with E-state index in [2.05, 4.69) is 63.3 Å². The lowest BCUT2D eigenvalue weighted by Gasteiger charge is -2.33. The number of para-hydroxylation sites is 1. The molecule has 3 aromatic carbocycles. The number of nitrogens with zero attached hydrogens (tertiary/aromatic N) is 3. The van der Waals surface area contributed by atoms with E-state index < -0.39 is 0 Å². The van der Waals surface area contributed by atoms with Gasteiger partial charge < -0.3 is 9.88 Å². The van der Waals surface area contributed by atoms with Crippen LogP contribution in [0.5, 0.6) is 0 Å². The van der Waals surface area contributed by atoms with Crippen LogP contribution in [-0.4, -0.2) is 64.9 Å². The molecule has 0 saturated carbocycles. The number of likely N-dealkylation sites (tertiary alicyclic amines) is 1. The second-order valence-electron chi connectivity index (χ2n) is 11.1. The van der Waals surface area contributed by atoms with Crippen molar-refractivity contribution in [1.29, 1.82) is 0 Å². The Kier molecular flexibility index (Phi) is 8.45. The number of amides is 1. The monoisotopic (exact) mass is 574 g/mol. The normalized spacial score (nSPS) is 17.8. The molecule has 1 N–H and O–H groups in total. The van der Waals surface area contributed by atoms with Gasteiger partial charge in [-0.2, -0.15) is 0 Å². The van der Waals surface area contributed by atoms with Gasteiger partial charge in [-0.1, -0.05) is 77.8 Å². The highest BCUT2D eigenvalue weighted by Gasteiger charge is 2.28. The second kappa shape index (κ2) is 12.4. The average Bonchev–Trinajstić information content (AvgIpc) is 3.16. The molecule has 0 bridgehead atoms. The zero-order valence-corrected chi connectivity index (χ0v) is 24.3. The number of aromatic nitrogens is 1. The molecule has 2 saturated heterocycles. The first-order valence-electron chi connectivity index (χ1n) is 14.4. The summed E-state index contributed by atoms with van der Waals surface area (Å²) in [6.07, 6.45) is 2.98. The molecule has 6 rings (SSSR count). The van der Waals surface area contributed by atoms with E-state index in [9.17, 15) is 4.79 Å². The molecule has 208 valence electrons. The Bertz CT molecular complexity index is 1440. The van der Waals surface area contributed by atoms with Crippen LogP contribution in [0.1, 0.15) is 52.4 Å². The third-order valence-electron chi connectivity index (χ3n) is 8.53. The minimum Gasteiger partial charge on any atom is -0.350 e. The van der Waals surface area contributed by atoms with Gasteiger partial charge in [0.05, 0.1) is 0 Å². The van der Waals surface area contributed by atoms with E-state index in [4.69, 9.17) is 23.2 Å². The SMILES string of the molecule is O=C(c1[nH]c2ccccc2c1CN1CCC(c2c(Cl)cccc2Cl)CC1)N1CCCN(Cc2ccccc2)CC1. The minimum absolute atomic E-state index is 0.116. The molecule has 2 aliphatic heterocycles. The van der Waals surface area contributed by atoms with Crippen molar-refractivity contribution in [1.82, 2.24) is 19.7 Å². The van der Waals surface area contributed by atoms with Gasteiger partial charge >= 0.3 is 0 Å². The van der Waals surface area contributed by atoms with Crippen molar-refractivity contribution in [2.45, 2.75) is 38.3 Å². The summed E-state index contributed by atoms with van der Waals surface area (Å²) >= 11 is 13.0. The third-order valence-corrected chi connectivity index (χ3v) is 9.19. The van der Waals surface area contributed by atoms with Crippen LogP contribution in [-0.2, 0) is 13.1 Å². The molecule has 0 spiro atoms. The number of aromatic amines is 1. The molecule has 0 radical (unpaired) electrons. The number of nitrogens with one attached hydrogen (secondary N) is 1. The van der Waals surface area contributed by atoms with Crippen molar-refractivity contribution in [3.63, 3.8) is 0 Å². The first kappa shape index (κ1) is 27.3. The lowest BCUT2D eigenvalue weighted by Crippen LogP contribution is -2.37. The van der Waals surface area contributed by atoms with Gasteiger partial charge in [-0.15, -0.1) is 0 Å². The van der Waals surface area contributed by atoms with E-state index in [0.717, 1.165) is 109 Å². The highest BCUT2D eigenvalue weighted by atomic mass is 35.5. The molecule has 0 atom stereocenters. The Morgan fingerprint density at radius 2 is 1.45 bits per heavy atom. The van der Waals surface area contributed by atoms with Gasteiger partial charge in [0.25, 0.3) is 5.91 Å². The lowest BCUT2D eigenvalue weighted by atomic mass is 9.89. The topological polar surface area (TPSA) is 42.6 Å². The highest BCUT2D eigenvalue weighted by molar-refractivity contribution is 6.36. The van der Waals surface area contributed by atoms with E-state index in [1.54, 1.807) is 0 Å². The van der Waals surface area contributed by atoms with Crippen molar-refractivity contribution >= 4 is 40.0 Å². The number of fused-ring (bicyclic) bond motifs is 1. The van der Waals surface area contributed by atoms with Gasteiger partial charge in [-0.3, -0.25) is 14.6 Å². The number of halogens is 2. The summed E-state index contributed by atoms with van der Waals surface area (Å²) < 4.78 is 0. The molecule has 0 unspecified atom stereocenters. The minimum atomic E-state index is 0.116. The van der Waals surface area contributed by atoms with Crippen molar-refractivity contribution < 1.29 is 4.79 Å². The maximum Gasteiger partial charge on any atom is 0.270 e. The molecule has 4 aromatic rings. The lowest BCUT2D eigenvalue weighted by molar-refractivity contribution is 0.0753. The molecule has 1 aromatic heterocycles. The van der Waals surface area contributed by atoms with Gasteiger partial charge in [-0.05, 0) is 67.6 Å². The standard InChI is InChI=1S/C33H36Cl2N4O/c34-28-11-6-12-29(35)31(28)25-14-18-38(19-15-25)23-27-26-10-4-5-13-30(26)36-32(27)33(40)39-17-7-16-37(20-21-39)22-24-8-2-1-3-9-24/h1-6,8-13,25,36H,7,14-23H2. The Hall–Kier alpha value is -2.83. The van der Waals surface area contributed by atoms with Crippen LogP contribution >= 0.6 is 23.2 Å². The van der Waals surface area contributed by atoms with Crippen LogP contribution < -0.4 is 0 Å². The molecule has 40 heavy (non-hydrogen) atoms. The summed E-state index contributed by atoms with van der Waals surface area (Å²) in [7, 11) is 0. The fraction of sp³-hybridized carbons (Fsp3) is 0.364. The molecule has 1 amide bonds. The quantitative estimate of drug-likeness (QED) is 0.264. The maximum atomic E-state index is 14.0. The maximum absolute atomic E-state index is 14.0. The Balaban J connectivity index is 1.16. The van der Waals surface area contributed by atoms with E-state index in [-0.39, 0.29) is 5.91 Å². The van der Waals surface area contributed by atoms with Crippen molar-refractivity contribution in [2.75, 3.05) is 39.3 Å². The molecule has 2 aliphatic rings. The average molecular weight is 576 g/mol. The first-order valence-corrected chi connectivity index (χ1v) is 15.1. The number of rotatable bonds is 6. The summed E-state index contributed by atoms with van der Waals surface area (Å²) in [5, 5.41) is 2.66. The van der Waals surface area contributed by atoms with Gasteiger partial charge in [0, 0.05) is 65.8 Å². The van der Waals surface area contributed by atoms with E-state index in [1.807, 2.05) is 29.2 Å². The van der Waals surface area contributed by atoms with Gasteiger partial charge in [0.15, 0.2) is 0 Å².